The summed E-state index contributed by atoms with van der Waals surface area (Å²) in [6.45, 7) is 6.45. The minimum absolute atomic E-state index is 0.0411. The van der Waals surface area contributed by atoms with E-state index in [1.54, 1.807) is 0 Å². The molecule has 0 aliphatic carbocycles. The van der Waals surface area contributed by atoms with E-state index >= 15 is 0 Å². The van der Waals surface area contributed by atoms with Gasteiger partial charge in [-0.2, -0.15) is 0 Å². The van der Waals surface area contributed by atoms with Crippen LogP contribution in [0.1, 0.15) is 32.3 Å². The number of rotatable bonds is 7. The van der Waals surface area contributed by atoms with Crippen molar-refractivity contribution in [3.8, 4) is 0 Å². The zero-order valence-electron chi connectivity index (χ0n) is 13.0. The number of hydrogen-bond acceptors (Lipinski definition) is 3. The third kappa shape index (κ3) is 4.83. The normalized spacial score (nSPS) is 19.4. The van der Waals surface area contributed by atoms with Crippen molar-refractivity contribution in [3.63, 3.8) is 0 Å². The molecule has 1 heterocycles. The Labute approximate surface area is 127 Å². The summed E-state index contributed by atoms with van der Waals surface area (Å²) >= 11 is 0. The molecule has 21 heavy (non-hydrogen) atoms. The second-order valence-corrected chi connectivity index (χ2v) is 5.45. The van der Waals surface area contributed by atoms with Crippen LogP contribution in [0.15, 0.2) is 30.3 Å². The predicted octanol–water partition coefficient (Wildman–Crippen LogP) is 2.62. The zero-order chi connectivity index (χ0) is 15.1. The molecule has 1 fully saturated rings. The van der Waals surface area contributed by atoms with E-state index in [9.17, 15) is 4.79 Å². The maximum absolute atomic E-state index is 12.4. The van der Waals surface area contributed by atoms with Crippen molar-refractivity contribution in [2.45, 2.75) is 45.4 Å². The topological polar surface area (TPSA) is 38.8 Å². The Morgan fingerprint density at radius 2 is 2.19 bits per heavy atom. The fourth-order valence-corrected chi connectivity index (χ4v) is 2.51. The summed E-state index contributed by atoms with van der Waals surface area (Å²) in [4.78, 5) is 14.3. The molecule has 0 N–H and O–H groups in total. The Bertz CT molecular complexity index is 429. The summed E-state index contributed by atoms with van der Waals surface area (Å²) in [5, 5.41) is 0. The third-order valence-electron chi connectivity index (χ3n) is 3.81. The quantitative estimate of drug-likeness (QED) is 0.775. The number of carbonyl (C=O) groups excluding carboxylic acids is 1. The van der Waals surface area contributed by atoms with Gasteiger partial charge in [0.2, 0.25) is 0 Å². The highest BCUT2D eigenvalue weighted by Crippen LogP contribution is 2.14. The molecule has 1 aromatic carbocycles. The summed E-state index contributed by atoms with van der Waals surface area (Å²) in [6, 6.07) is 10.0. The largest absolute Gasteiger partial charge is 0.376 e. The molecule has 0 aromatic heterocycles. The van der Waals surface area contributed by atoms with Gasteiger partial charge in [0, 0.05) is 19.7 Å². The van der Waals surface area contributed by atoms with Crippen LogP contribution in [0.5, 0.6) is 0 Å². The summed E-state index contributed by atoms with van der Waals surface area (Å²) in [7, 11) is 0. The first-order valence-corrected chi connectivity index (χ1v) is 7.76. The molecule has 0 spiro atoms. The summed E-state index contributed by atoms with van der Waals surface area (Å²) in [6.07, 6.45) is 1.86. The van der Waals surface area contributed by atoms with Crippen LogP contribution in [0.3, 0.4) is 0 Å². The average Bonchev–Trinajstić information content (AvgIpc) is 3.04. The highest BCUT2D eigenvalue weighted by Gasteiger charge is 2.23. The van der Waals surface area contributed by atoms with E-state index in [2.05, 4.69) is 0 Å². The molecule has 0 saturated carbocycles. The fraction of sp³-hybridized carbons (Fsp3) is 0.588. The van der Waals surface area contributed by atoms with E-state index in [1.165, 1.54) is 0 Å². The molecular weight excluding hydrogens is 266 g/mol. The minimum atomic E-state index is -0.419. The lowest BCUT2D eigenvalue weighted by atomic mass is 10.2. The molecule has 1 amide bonds. The maximum Gasteiger partial charge on any atom is 0.251 e. The van der Waals surface area contributed by atoms with Crippen molar-refractivity contribution in [2.24, 2.45) is 0 Å². The van der Waals surface area contributed by atoms with E-state index in [4.69, 9.17) is 9.47 Å². The van der Waals surface area contributed by atoms with Gasteiger partial charge in [-0.3, -0.25) is 4.79 Å². The second kappa shape index (κ2) is 8.15. The van der Waals surface area contributed by atoms with Crippen molar-refractivity contribution >= 4 is 5.91 Å². The van der Waals surface area contributed by atoms with Crippen LogP contribution < -0.4 is 0 Å². The van der Waals surface area contributed by atoms with Crippen LogP contribution in [0.25, 0.3) is 0 Å². The Morgan fingerprint density at radius 3 is 2.81 bits per heavy atom. The van der Waals surface area contributed by atoms with Gasteiger partial charge in [0.25, 0.3) is 5.91 Å². The zero-order valence-corrected chi connectivity index (χ0v) is 13.0. The Kier molecular flexibility index (Phi) is 6.21. The standard InChI is InChI=1S/C17H25NO3/c1-3-18(12-15-8-5-4-6-9-15)17(19)14(2)21-13-16-10-7-11-20-16/h4-6,8-9,14,16H,3,7,10-13H2,1-2H3/t14-,16+/m1/s1. The van der Waals surface area contributed by atoms with E-state index in [-0.39, 0.29) is 12.0 Å². The predicted molar refractivity (Wildman–Crippen MR) is 81.9 cm³/mol. The lowest BCUT2D eigenvalue weighted by molar-refractivity contribution is -0.145. The number of benzene rings is 1. The molecule has 1 aromatic rings. The van der Waals surface area contributed by atoms with Crippen LogP contribution in [0.4, 0.5) is 0 Å². The number of ether oxygens (including phenoxy) is 2. The maximum atomic E-state index is 12.4. The van der Waals surface area contributed by atoms with Gasteiger partial charge in [-0.1, -0.05) is 30.3 Å². The molecule has 4 nitrogen and oxygen atoms in total. The van der Waals surface area contributed by atoms with Gasteiger partial charge in [0.05, 0.1) is 12.7 Å². The van der Waals surface area contributed by atoms with E-state index in [1.807, 2.05) is 49.1 Å². The number of carbonyl (C=O) groups is 1. The van der Waals surface area contributed by atoms with Crippen molar-refractivity contribution in [3.05, 3.63) is 35.9 Å². The molecule has 2 rings (SSSR count). The van der Waals surface area contributed by atoms with Crippen LogP contribution in [-0.4, -0.2) is 42.8 Å². The number of likely N-dealkylation sites (N-methyl/N-ethyl adjacent to an activating group) is 1. The Hall–Kier alpha value is -1.39. The number of amides is 1. The lowest BCUT2D eigenvalue weighted by Gasteiger charge is -2.25. The van der Waals surface area contributed by atoms with Gasteiger partial charge in [-0.25, -0.2) is 0 Å². The van der Waals surface area contributed by atoms with Crippen LogP contribution in [0.2, 0.25) is 0 Å². The summed E-state index contributed by atoms with van der Waals surface area (Å²) < 4.78 is 11.2. The van der Waals surface area contributed by atoms with E-state index in [0.29, 0.717) is 19.7 Å². The smallest absolute Gasteiger partial charge is 0.251 e. The number of hydrogen-bond donors (Lipinski definition) is 0. The van der Waals surface area contributed by atoms with E-state index < -0.39 is 6.10 Å². The average molecular weight is 291 g/mol. The first-order chi connectivity index (χ1) is 10.2. The van der Waals surface area contributed by atoms with Crippen molar-refractivity contribution in [2.75, 3.05) is 19.8 Å². The SMILES string of the molecule is CCN(Cc1ccccc1)C(=O)[C@@H](C)OC[C@@H]1CCCO1. The van der Waals surface area contributed by atoms with Crippen molar-refractivity contribution in [1.29, 1.82) is 0 Å². The summed E-state index contributed by atoms with van der Waals surface area (Å²) in [5.41, 5.74) is 1.14. The third-order valence-corrected chi connectivity index (χ3v) is 3.81. The first-order valence-electron chi connectivity index (χ1n) is 7.76. The molecular formula is C17H25NO3. The highest BCUT2D eigenvalue weighted by molar-refractivity contribution is 5.80. The fourth-order valence-electron chi connectivity index (χ4n) is 2.51. The molecule has 1 aliphatic rings. The van der Waals surface area contributed by atoms with Crippen LogP contribution in [-0.2, 0) is 20.8 Å². The molecule has 1 aliphatic heterocycles. The van der Waals surface area contributed by atoms with Gasteiger partial charge < -0.3 is 14.4 Å². The van der Waals surface area contributed by atoms with Gasteiger partial charge in [0.15, 0.2) is 0 Å². The molecule has 4 heteroatoms. The van der Waals surface area contributed by atoms with Crippen LogP contribution in [0, 0.1) is 0 Å². The van der Waals surface area contributed by atoms with Crippen molar-refractivity contribution < 1.29 is 14.3 Å². The van der Waals surface area contributed by atoms with Crippen LogP contribution >= 0.6 is 0 Å². The second-order valence-electron chi connectivity index (χ2n) is 5.45. The molecule has 0 radical (unpaired) electrons. The molecule has 0 unspecified atom stereocenters. The summed E-state index contributed by atoms with van der Waals surface area (Å²) in [5.74, 6) is 0.0411. The molecule has 1 saturated heterocycles. The van der Waals surface area contributed by atoms with Gasteiger partial charge in [-0.15, -0.1) is 0 Å². The van der Waals surface area contributed by atoms with Gasteiger partial charge in [-0.05, 0) is 32.3 Å². The minimum Gasteiger partial charge on any atom is -0.376 e. The lowest BCUT2D eigenvalue weighted by Crippen LogP contribution is -2.39. The highest BCUT2D eigenvalue weighted by atomic mass is 16.5. The molecule has 116 valence electrons. The monoisotopic (exact) mass is 291 g/mol. The molecule has 2 atom stereocenters. The van der Waals surface area contributed by atoms with Gasteiger partial charge >= 0.3 is 0 Å². The van der Waals surface area contributed by atoms with Crippen molar-refractivity contribution in [1.82, 2.24) is 4.90 Å². The van der Waals surface area contributed by atoms with Gasteiger partial charge in [0.1, 0.15) is 6.10 Å². The first kappa shape index (κ1) is 16.0. The Balaban J connectivity index is 1.83. The van der Waals surface area contributed by atoms with E-state index in [0.717, 1.165) is 25.0 Å². The number of nitrogens with zero attached hydrogens (tertiary/aromatic N) is 1. The Morgan fingerprint density at radius 1 is 1.43 bits per heavy atom. The molecule has 0 bridgehead atoms.